The van der Waals surface area contributed by atoms with Crippen LogP contribution in [0.4, 0.5) is 10.8 Å². The van der Waals surface area contributed by atoms with E-state index in [-0.39, 0.29) is 17.7 Å². The summed E-state index contributed by atoms with van der Waals surface area (Å²) in [7, 11) is 0. The SMILES string of the molecule is Cc1cccc(-c2nnc(NC(=O)C(Cc3ccccc3)NC(=O)c3ccc([N+](=O)[O-])cc3)s2)c1. The average Bonchev–Trinajstić information content (AvgIpc) is 3.33. The van der Waals surface area contributed by atoms with Gasteiger partial charge < -0.3 is 5.32 Å². The highest BCUT2D eigenvalue weighted by molar-refractivity contribution is 7.18. The van der Waals surface area contributed by atoms with Gasteiger partial charge in [0.05, 0.1) is 4.92 Å². The first kappa shape index (κ1) is 23.7. The van der Waals surface area contributed by atoms with Gasteiger partial charge in [-0.15, -0.1) is 10.2 Å². The zero-order valence-electron chi connectivity index (χ0n) is 18.7. The van der Waals surface area contributed by atoms with Crippen molar-refractivity contribution in [3.63, 3.8) is 0 Å². The molecule has 1 heterocycles. The molecular formula is C25H21N5O4S. The third-order valence-electron chi connectivity index (χ3n) is 5.16. The molecule has 4 aromatic rings. The van der Waals surface area contributed by atoms with Gasteiger partial charge in [-0.05, 0) is 30.7 Å². The van der Waals surface area contributed by atoms with Gasteiger partial charge >= 0.3 is 0 Å². The molecule has 2 amide bonds. The first-order valence-corrected chi connectivity index (χ1v) is 11.5. The van der Waals surface area contributed by atoms with Crippen molar-refractivity contribution in [2.75, 3.05) is 5.32 Å². The van der Waals surface area contributed by atoms with E-state index >= 15 is 0 Å². The fourth-order valence-corrected chi connectivity index (χ4v) is 4.14. The maximum atomic E-state index is 13.2. The number of benzene rings is 3. The molecule has 176 valence electrons. The number of amides is 2. The number of nitrogens with zero attached hydrogens (tertiary/aromatic N) is 3. The Balaban J connectivity index is 1.51. The second-order valence-electron chi connectivity index (χ2n) is 7.79. The maximum Gasteiger partial charge on any atom is 0.269 e. The number of hydrogen-bond donors (Lipinski definition) is 2. The molecule has 2 N–H and O–H groups in total. The molecule has 1 unspecified atom stereocenters. The highest BCUT2D eigenvalue weighted by Crippen LogP contribution is 2.27. The molecule has 3 aromatic carbocycles. The summed E-state index contributed by atoms with van der Waals surface area (Å²) >= 11 is 1.24. The van der Waals surface area contributed by atoms with Gasteiger partial charge in [0.2, 0.25) is 11.0 Å². The number of nitro benzene ring substituents is 1. The van der Waals surface area contributed by atoms with Gasteiger partial charge in [0.25, 0.3) is 11.6 Å². The van der Waals surface area contributed by atoms with Crippen molar-refractivity contribution in [2.45, 2.75) is 19.4 Å². The van der Waals surface area contributed by atoms with Crippen molar-refractivity contribution in [1.82, 2.24) is 15.5 Å². The summed E-state index contributed by atoms with van der Waals surface area (Å²) in [6.07, 6.45) is 0.245. The van der Waals surface area contributed by atoms with Crippen molar-refractivity contribution in [3.05, 3.63) is 106 Å². The van der Waals surface area contributed by atoms with Crippen LogP contribution in [0.1, 0.15) is 21.5 Å². The largest absolute Gasteiger partial charge is 0.340 e. The number of aryl methyl sites for hydroxylation is 1. The molecular weight excluding hydrogens is 466 g/mol. The predicted molar refractivity (Wildman–Crippen MR) is 133 cm³/mol. The molecule has 10 heteroatoms. The predicted octanol–water partition coefficient (Wildman–Crippen LogP) is 4.40. The van der Waals surface area contributed by atoms with Crippen molar-refractivity contribution in [1.29, 1.82) is 0 Å². The number of aromatic nitrogens is 2. The lowest BCUT2D eigenvalue weighted by atomic mass is 10.0. The quantitative estimate of drug-likeness (QED) is 0.280. The van der Waals surface area contributed by atoms with E-state index in [4.69, 9.17) is 0 Å². The maximum absolute atomic E-state index is 13.2. The van der Waals surface area contributed by atoms with Crippen LogP contribution < -0.4 is 10.6 Å². The first-order chi connectivity index (χ1) is 16.9. The van der Waals surface area contributed by atoms with E-state index in [1.807, 2.05) is 61.5 Å². The lowest BCUT2D eigenvalue weighted by Gasteiger charge is -2.18. The molecule has 0 aliphatic rings. The molecule has 0 aliphatic carbocycles. The number of non-ortho nitro benzene ring substituents is 1. The third-order valence-corrected chi connectivity index (χ3v) is 6.05. The van der Waals surface area contributed by atoms with Crippen LogP contribution in [0, 0.1) is 17.0 Å². The highest BCUT2D eigenvalue weighted by Gasteiger charge is 2.24. The summed E-state index contributed by atoms with van der Waals surface area (Å²) in [5.41, 5.74) is 2.92. The number of rotatable bonds is 8. The van der Waals surface area contributed by atoms with Crippen molar-refractivity contribution in [3.8, 4) is 10.6 Å². The Hall–Kier alpha value is -4.44. The smallest absolute Gasteiger partial charge is 0.269 e. The van der Waals surface area contributed by atoms with Crippen LogP contribution in [0.25, 0.3) is 10.6 Å². The lowest BCUT2D eigenvalue weighted by Crippen LogP contribution is -2.45. The number of nitrogens with one attached hydrogen (secondary N) is 2. The number of anilines is 1. The highest BCUT2D eigenvalue weighted by atomic mass is 32.1. The van der Waals surface area contributed by atoms with E-state index in [2.05, 4.69) is 20.8 Å². The van der Waals surface area contributed by atoms with Crippen molar-refractivity contribution >= 4 is 34.0 Å². The van der Waals surface area contributed by atoms with Gasteiger partial charge in [0.15, 0.2) is 0 Å². The number of carbonyl (C=O) groups excluding carboxylic acids is 2. The molecule has 0 saturated carbocycles. The van der Waals surface area contributed by atoms with Crippen molar-refractivity contribution in [2.24, 2.45) is 0 Å². The molecule has 0 aliphatic heterocycles. The second kappa shape index (κ2) is 10.7. The van der Waals surface area contributed by atoms with Crippen LogP contribution in [-0.2, 0) is 11.2 Å². The Morgan fingerprint density at radius 2 is 1.74 bits per heavy atom. The van der Waals surface area contributed by atoms with Gasteiger partial charge in [-0.3, -0.25) is 25.0 Å². The van der Waals surface area contributed by atoms with Crippen LogP contribution in [0.5, 0.6) is 0 Å². The van der Waals surface area contributed by atoms with E-state index in [0.717, 1.165) is 16.7 Å². The van der Waals surface area contributed by atoms with Gasteiger partial charge in [0.1, 0.15) is 11.0 Å². The molecule has 35 heavy (non-hydrogen) atoms. The minimum absolute atomic E-state index is 0.124. The van der Waals surface area contributed by atoms with E-state index in [9.17, 15) is 19.7 Å². The number of nitro groups is 1. The Labute approximate surface area is 205 Å². The monoisotopic (exact) mass is 487 g/mol. The second-order valence-corrected chi connectivity index (χ2v) is 8.77. The molecule has 9 nitrogen and oxygen atoms in total. The summed E-state index contributed by atoms with van der Waals surface area (Å²) in [5.74, 6) is -0.968. The fraction of sp³-hybridized carbons (Fsp3) is 0.120. The normalized spacial score (nSPS) is 11.5. The van der Waals surface area contributed by atoms with Crippen LogP contribution in [-0.4, -0.2) is 33.0 Å². The lowest BCUT2D eigenvalue weighted by molar-refractivity contribution is -0.384. The van der Waals surface area contributed by atoms with E-state index < -0.39 is 22.8 Å². The van der Waals surface area contributed by atoms with Crippen molar-refractivity contribution < 1.29 is 14.5 Å². The Kier molecular flexibility index (Phi) is 7.22. The fourth-order valence-electron chi connectivity index (χ4n) is 3.40. The summed E-state index contributed by atoms with van der Waals surface area (Å²) in [6.45, 7) is 1.98. The van der Waals surface area contributed by atoms with Gasteiger partial charge in [-0.1, -0.05) is 65.4 Å². The van der Waals surface area contributed by atoms with E-state index in [0.29, 0.717) is 10.1 Å². The first-order valence-electron chi connectivity index (χ1n) is 10.7. The molecule has 1 aromatic heterocycles. The number of carbonyl (C=O) groups is 2. The average molecular weight is 488 g/mol. The van der Waals surface area contributed by atoms with Crippen LogP contribution >= 0.6 is 11.3 Å². The third kappa shape index (κ3) is 6.12. The molecule has 0 fully saturated rings. The van der Waals surface area contributed by atoms with E-state index in [1.54, 1.807) is 0 Å². The summed E-state index contributed by atoms with van der Waals surface area (Å²) in [5, 5.41) is 25.6. The molecule has 4 rings (SSSR count). The minimum atomic E-state index is -0.911. The summed E-state index contributed by atoms with van der Waals surface area (Å²) in [4.78, 5) is 36.3. The molecule has 0 radical (unpaired) electrons. The van der Waals surface area contributed by atoms with Gasteiger partial charge in [0, 0.05) is 29.7 Å². The summed E-state index contributed by atoms with van der Waals surface area (Å²) in [6, 6.07) is 21.4. The zero-order valence-corrected chi connectivity index (χ0v) is 19.5. The van der Waals surface area contributed by atoms with E-state index in [1.165, 1.54) is 35.6 Å². The Morgan fingerprint density at radius 3 is 2.43 bits per heavy atom. The minimum Gasteiger partial charge on any atom is -0.340 e. The van der Waals surface area contributed by atoms with Crippen LogP contribution in [0.15, 0.2) is 78.9 Å². The zero-order chi connectivity index (χ0) is 24.8. The summed E-state index contributed by atoms with van der Waals surface area (Å²) < 4.78 is 0. The molecule has 0 spiro atoms. The van der Waals surface area contributed by atoms with Gasteiger partial charge in [-0.25, -0.2) is 0 Å². The topological polar surface area (TPSA) is 127 Å². The number of hydrogen-bond acceptors (Lipinski definition) is 7. The molecule has 0 bridgehead atoms. The standard InChI is InChI=1S/C25H21N5O4S/c1-16-6-5-9-19(14-16)24-28-29-25(35-24)27-23(32)21(15-17-7-3-2-4-8-17)26-22(31)18-10-12-20(13-11-18)30(33)34/h2-14,21H,15H2,1H3,(H,26,31)(H,27,29,32). The van der Waals surface area contributed by atoms with Gasteiger partial charge in [-0.2, -0.15) is 0 Å². The molecule has 0 saturated heterocycles. The van der Waals surface area contributed by atoms with Crippen LogP contribution in [0.3, 0.4) is 0 Å². The Morgan fingerprint density at radius 1 is 1.00 bits per heavy atom. The van der Waals surface area contributed by atoms with Crippen LogP contribution in [0.2, 0.25) is 0 Å². The Bertz CT molecular complexity index is 1360. The molecule has 1 atom stereocenters.